The number of carbonyl (C=O) groups is 1. The van der Waals surface area contributed by atoms with Gasteiger partial charge in [0.2, 0.25) is 0 Å². The van der Waals surface area contributed by atoms with Crippen molar-refractivity contribution in [2.24, 2.45) is 0 Å². The van der Waals surface area contributed by atoms with Gasteiger partial charge in [0.1, 0.15) is 6.10 Å². The smallest absolute Gasteiger partial charge is 0.410 e. The first-order valence-corrected chi connectivity index (χ1v) is 11.8. The molecule has 0 N–H and O–H groups in total. The van der Waals surface area contributed by atoms with Crippen LogP contribution in [0.1, 0.15) is 62.8 Å². The van der Waals surface area contributed by atoms with Crippen LogP contribution in [-0.4, -0.2) is 24.1 Å². The molecule has 30 heavy (non-hydrogen) atoms. The lowest BCUT2D eigenvalue weighted by atomic mass is 10.0. The molecule has 4 nitrogen and oxygen atoms in total. The zero-order valence-electron chi connectivity index (χ0n) is 18.0. The molecule has 158 valence electrons. The molecule has 1 saturated heterocycles. The third-order valence-corrected chi connectivity index (χ3v) is 7.34. The van der Waals surface area contributed by atoms with Crippen LogP contribution in [0.15, 0.2) is 35.1 Å². The molecule has 2 heterocycles. The molecule has 1 fully saturated rings. The van der Waals surface area contributed by atoms with Gasteiger partial charge in [-0.15, -0.1) is 11.3 Å². The molecule has 4 rings (SSSR count). The molecule has 1 aliphatic rings. The lowest BCUT2D eigenvalue weighted by Gasteiger charge is -2.27. The standard InChI is InChI=1S/C25H29NO3S/c1-4-17-13-18(5-2)24-21(14-17)23(27)20-15-19(9-10-22(20)30-24)16(3)29-25(28)26-11-7-6-8-12-26/h9-10,13-16H,4-8,11-12H2,1-3H3. The van der Waals surface area contributed by atoms with Gasteiger partial charge in [0.25, 0.3) is 0 Å². The summed E-state index contributed by atoms with van der Waals surface area (Å²) >= 11 is 1.68. The monoisotopic (exact) mass is 423 g/mol. The second-order valence-electron chi connectivity index (χ2n) is 8.10. The molecule has 0 bridgehead atoms. The molecular weight excluding hydrogens is 394 g/mol. The first-order valence-electron chi connectivity index (χ1n) is 11.0. The maximum atomic E-state index is 13.4. The van der Waals surface area contributed by atoms with Crippen LogP contribution in [0.25, 0.3) is 20.2 Å². The number of hydrogen-bond acceptors (Lipinski definition) is 4. The first-order chi connectivity index (χ1) is 14.5. The van der Waals surface area contributed by atoms with E-state index in [1.807, 2.05) is 31.2 Å². The van der Waals surface area contributed by atoms with Crippen LogP contribution >= 0.6 is 11.3 Å². The number of amides is 1. The highest BCUT2D eigenvalue weighted by atomic mass is 32.1. The molecule has 1 unspecified atom stereocenters. The maximum absolute atomic E-state index is 13.4. The largest absolute Gasteiger partial charge is 0.442 e. The highest BCUT2D eigenvalue weighted by Crippen LogP contribution is 2.31. The van der Waals surface area contributed by atoms with Crippen LogP contribution in [0.5, 0.6) is 0 Å². The van der Waals surface area contributed by atoms with E-state index in [0.717, 1.165) is 59.1 Å². The van der Waals surface area contributed by atoms with Gasteiger partial charge in [-0.3, -0.25) is 4.79 Å². The SMILES string of the molecule is CCc1cc(CC)c2sc3ccc(C(C)OC(=O)N4CCCCC4)cc3c(=O)c2c1. The van der Waals surface area contributed by atoms with Gasteiger partial charge in [-0.1, -0.05) is 26.0 Å². The molecular formula is C25H29NO3S. The molecule has 0 radical (unpaired) electrons. The number of ether oxygens (including phenoxy) is 1. The van der Waals surface area contributed by atoms with Gasteiger partial charge in [0.05, 0.1) is 0 Å². The zero-order chi connectivity index (χ0) is 21.3. The van der Waals surface area contributed by atoms with Gasteiger partial charge in [-0.25, -0.2) is 4.79 Å². The minimum atomic E-state index is -0.392. The number of nitrogens with zero attached hydrogens (tertiary/aromatic N) is 1. The minimum absolute atomic E-state index is 0.0696. The van der Waals surface area contributed by atoms with Gasteiger partial charge < -0.3 is 9.64 Å². The average Bonchev–Trinajstić information content (AvgIpc) is 2.79. The fraction of sp³-hybridized carbons (Fsp3) is 0.440. The third kappa shape index (κ3) is 3.95. The Morgan fingerprint density at radius 3 is 2.53 bits per heavy atom. The van der Waals surface area contributed by atoms with Crippen LogP contribution in [0.2, 0.25) is 0 Å². The fourth-order valence-corrected chi connectivity index (χ4v) is 5.42. The summed E-state index contributed by atoms with van der Waals surface area (Å²) in [6.07, 6.45) is 4.41. The van der Waals surface area contributed by atoms with E-state index in [0.29, 0.717) is 5.39 Å². The number of fused-ring (bicyclic) bond motifs is 2. The summed E-state index contributed by atoms with van der Waals surface area (Å²) in [5, 5.41) is 1.51. The summed E-state index contributed by atoms with van der Waals surface area (Å²) in [6.45, 7) is 7.66. The Morgan fingerprint density at radius 1 is 1.07 bits per heavy atom. The molecule has 1 amide bonds. The summed E-state index contributed by atoms with van der Waals surface area (Å²) in [4.78, 5) is 27.6. The second kappa shape index (κ2) is 8.76. The van der Waals surface area contributed by atoms with E-state index in [-0.39, 0.29) is 11.5 Å². The highest BCUT2D eigenvalue weighted by Gasteiger charge is 2.21. The summed E-state index contributed by atoms with van der Waals surface area (Å²) in [5.74, 6) is 0. The lowest BCUT2D eigenvalue weighted by molar-refractivity contribution is 0.0643. The van der Waals surface area contributed by atoms with E-state index in [9.17, 15) is 9.59 Å². The van der Waals surface area contributed by atoms with E-state index in [1.54, 1.807) is 16.2 Å². The Hall–Kier alpha value is -2.40. The molecule has 0 spiro atoms. The minimum Gasteiger partial charge on any atom is -0.442 e. The summed E-state index contributed by atoms with van der Waals surface area (Å²) in [7, 11) is 0. The van der Waals surface area contributed by atoms with E-state index in [1.165, 1.54) is 17.5 Å². The Morgan fingerprint density at radius 2 is 1.83 bits per heavy atom. The van der Waals surface area contributed by atoms with Crippen LogP contribution < -0.4 is 5.43 Å². The topological polar surface area (TPSA) is 46.6 Å². The molecule has 1 atom stereocenters. The van der Waals surface area contributed by atoms with Crippen molar-refractivity contribution in [1.29, 1.82) is 0 Å². The highest BCUT2D eigenvalue weighted by molar-refractivity contribution is 7.24. The molecule has 0 saturated carbocycles. The molecule has 0 aliphatic carbocycles. The second-order valence-corrected chi connectivity index (χ2v) is 9.15. The van der Waals surface area contributed by atoms with Gasteiger partial charge in [-0.2, -0.15) is 0 Å². The van der Waals surface area contributed by atoms with Crippen molar-refractivity contribution in [1.82, 2.24) is 4.90 Å². The van der Waals surface area contributed by atoms with Crippen molar-refractivity contribution in [2.45, 2.75) is 59.0 Å². The molecule has 1 aliphatic heterocycles. The zero-order valence-corrected chi connectivity index (χ0v) is 18.8. The summed E-state index contributed by atoms with van der Waals surface area (Å²) < 4.78 is 7.78. The number of carbonyl (C=O) groups excluding carboxylic acids is 1. The van der Waals surface area contributed by atoms with Gasteiger partial charge in [0, 0.05) is 33.3 Å². The quantitative estimate of drug-likeness (QED) is 0.468. The van der Waals surface area contributed by atoms with Gasteiger partial charge in [0.15, 0.2) is 5.43 Å². The number of likely N-dealkylation sites (tertiary alicyclic amines) is 1. The van der Waals surface area contributed by atoms with Crippen molar-refractivity contribution in [3.63, 3.8) is 0 Å². The van der Waals surface area contributed by atoms with Crippen LogP contribution in [-0.2, 0) is 17.6 Å². The number of benzene rings is 2. The van der Waals surface area contributed by atoms with Crippen LogP contribution in [0.4, 0.5) is 4.79 Å². The Balaban J connectivity index is 1.71. The molecule has 1 aromatic heterocycles. The van der Waals surface area contributed by atoms with Crippen molar-refractivity contribution >= 4 is 37.6 Å². The molecule has 5 heteroatoms. The Labute approximate surface area is 181 Å². The van der Waals surface area contributed by atoms with E-state index in [2.05, 4.69) is 19.9 Å². The molecule has 2 aromatic carbocycles. The van der Waals surface area contributed by atoms with Crippen molar-refractivity contribution in [3.8, 4) is 0 Å². The first kappa shape index (κ1) is 20.9. The van der Waals surface area contributed by atoms with Crippen molar-refractivity contribution < 1.29 is 9.53 Å². The summed E-state index contributed by atoms with van der Waals surface area (Å²) in [6, 6.07) is 10.1. The van der Waals surface area contributed by atoms with E-state index in [4.69, 9.17) is 4.74 Å². The van der Waals surface area contributed by atoms with Crippen LogP contribution in [0, 0.1) is 0 Å². The number of piperidine rings is 1. The number of aryl methyl sites for hydroxylation is 2. The van der Waals surface area contributed by atoms with E-state index >= 15 is 0 Å². The molecule has 3 aromatic rings. The van der Waals surface area contributed by atoms with Gasteiger partial charge in [-0.05, 0) is 73.9 Å². The predicted molar refractivity (Wildman–Crippen MR) is 125 cm³/mol. The fourth-order valence-electron chi connectivity index (χ4n) is 4.20. The third-order valence-electron chi connectivity index (χ3n) is 6.08. The average molecular weight is 424 g/mol. The predicted octanol–water partition coefficient (Wildman–Crippen LogP) is 6.22. The van der Waals surface area contributed by atoms with Crippen LogP contribution in [0.3, 0.4) is 0 Å². The van der Waals surface area contributed by atoms with E-state index < -0.39 is 6.10 Å². The Kier molecular flexibility index (Phi) is 6.09. The van der Waals surface area contributed by atoms with Crippen molar-refractivity contribution in [3.05, 3.63) is 57.2 Å². The summed E-state index contributed by atoms with van der Waals surface area (Å²) in [5.41, 5.74) is 3.36. The lowest BCUT2D eigenvalue weighted by Crippen LogP contribution is -2.36. The number of hydrogen-bond donors (Lipinski definition) is 0. The maximum Gasteiger partial charge on any atom is 0.410 e. The van der Waals surface area contributed by atoms with Gasteiger partial charge >= 0.3 is 6.09 Å². The number of rotatable bonds is 4. The normalized spacial score (nSPS) is 15.5. The Bertz CT molecular complexity index is 1140. The van der Waals surface area contributed by atoms with Crippen molar-refractivity contribution in [2.75, 3.05) is 13.1 Å².